The van der Waals surface area contributed by atoms with Crippen LogP contribution in [-0.4, -0.2) is 41.7 Å². The van der Waals surface area contributed by atoms with Gasteiger partial charge in [0.2, 0.25) is 5.91 Å². The van der Waals surface area contributed by atoms with Gasteiger partial charge in [-0.2, -0.15) is 0 Å². The van der Waals surface area contributed by atoms with Crippen LogP contribution in [-0.2, 0) is 15.8 Å². The first-order valence-corrected chi connectivity index (χ1v) is 8.19. The second-order valence-corrected chi connectivity index (χ2v) is 6.60. The largest absolute Gasteiger partial charge is 0.493 e. The zero-order valence-corrected chi connectivity index (χ0v) is 13.5. The van der Waals surface area contributed by atoms with Gasteiger partial charge in [0.15, 0.2) is 11.5 Å². The van der Waals surface area contributed by atoms with E-state index in [1.54, 1.807) is 18.2 Å². The highest BCUT2D eigenvalue weighted by Gasteiger charge is 2.31. The molecule has 5 N–H and O–H groups in total. The van der Waals surface area contributed by atoms with E-state index < -0.39 is 25.3 Å². The minimum absolute atomic E-state index is 0.0664. The smallest absolute Gasteiger partial charge is 0.347 e. The van der Waals surface area contributed by atoms with E-state index in [1.807, 2.05) is 0 Å². The van der Waals surface area contributed by atoms with Gasteiger partial charge in [-0.1, -0.05) is 6.07 Å². The number of amides is 1. The van der Waals surface area contributed by atoms with E-state index in [0.717, 1.165) is 0 Å². The van der Waals surface area contributed by atoms with Gasteiger partial charge in [0.25, 0.3) is 0 Å². The third-order valence-electron chi connectivity index (χ3n) is 3.01. The summed E-state index contributed by atoms with van der Waals surface area (Å²) >= 11 is 0. The fraction of sp³-hybridized carbons (Fsp3) is 0.462. The first-order valence-electron chi connectivity index (χ1n) is 6.51. The van der Waals surface area contributed by atoms with Gasteiger partial charge in [-0.3, -0.25) is 9.36 Å². The van der Waals surface area contributed by atoms with Crippen molar-refractivity contribution in [3.05, 3.63) is 23.8 Å². The second kappa shape index (κ2) is 7.60. The van der Waals surface area contributed by atoms with Crippen molar-refractivity contribution in [2.24, 2.45) is 5.73 Å². The van der Waals surface area contributed by atoms with E-state index in [4.69, 9.17) is 15.2 Å². The van der Waals surface area contributed by atoms with E-state index in [1.165, 1.54) is 21.1 Å². The Balaban J connectivity index is 3.00. The van der Waals surface area contributed by atoms with Crippen molar-refractivity contribution in [2.75, 3.05) is 14.2 Å². The standard InChI is InChI=1S/C13H21N2O6P/c1-8(14)13(16)15-12(22(17,18)19)7-9-4-5-10(20-2)11(6-9)21-3/h4-6,8,12H,7,14H2,1-3H3,(H,15,16)(H2,17,18,19)/t8-,12-/m0/s1. The lowest BCUT2D eigenvalue weighted by Gasteiger charge is -2.21. The second-order valence-electron chi connectivity index (χ2n) is 4.80. The van der Waals surface area contributed by atoms with E-state index >= 15 is 0 Å². The van der Waals surface area contributed by atoms with Gasteiger partial charge in [-0.15, -0.1) is 0 Å². The Bertz CT molecular complexity index is 572. The van der Waals surface area contributed by atoms with E-state index in [0.29, 0.717) is 17.1 Å². The SMILES string of the molecule is COc1ccc(C[C@@H](NC(=O)[C@H](C)N)P(=O)(O)O)cc1OC. The molecule has 9 heteroatoms. The summed E-state index contributed by atoms with van der Waals surface area (Å²) in [6, 6.07) is 4.00. The van der Waals surface area contributed by atoms with Crippen LogP contribution in [0, 0.1) is 0 Å². The molecule has 0 bridgehead atoms. The monoisotopic (exact) mass is 332 g/mol. The summed E-state index contributed by atoms with van der Waals surface area (Å²) in [5.41, 5.74) is 5.98. The third kappa shape index (κ3) is 4.99. The van der Waals surface area contributed by atoms with Crippen LogP contribution < -0.4 is 20.5 Å². The summed E-state index contributed by atoms with van der Waals surface area (Å²) in [6.07, 6.45) is -0.0664. The Hall–Kier alpha value is -1.60. The van der Waals surface area contributed by atoms with Crippen molar-refractivity contribution in [3.8, 4) is 11.5 Å². The molecule has 0 aromatic heterocycles. The van der Waals surface area contributed by atoms with Crippen LogP contribution >= 0.6 is 7.60 Å². The van der Waals surface area contributed by atoms with Gasteiger partial charge in [-0.05, 0) is 24.6 Å². The van der Waals surface area contributed by atoms with Crippen LogP contribution in [0.25, 0.3) is 0 Å². The van der Waals surface area contributed by atoms with Crippen LogP contribution in [0.1, 0.15) is 12.5 Å². The van der Waals surface area contributed by atoms with Crippen molar-refractivity contribution < 1.29 is 28.6 Å². The van der Waals surface area contributed by atoms with E-state index in [2.05, 4.69) is 5.32 Å². The van der Waals surface area contributed by atoms with Crippen molar-refractivity contribution in [1.29, 1.82) is 0 Å². The lowest BCUT2D eigenvalue weighted by molar-refractivity contribution is -0.122. The van der Waals surface area contributed by atoms with Crippen LogP contribution in [0.3, 0.4) is 0 Å². The summed E-state index contributed by atoms with van der Waals surface area (Å²) in [7, 11) is -1.59. The van der Waals surface area contributed by atoms with Crippen LogP contribution in [0.15, 0.2) is 18.2 Å². The molecular weight excluding hydrogens is 311 g/mol. The van der Waals surface area contributed by atoms with E-state index in [-0.39, 0.29) is 6.42 Å². The molecule has 1 rings (SSSR count). The molecule has 0 aliphatic carbocycles. The number of nitrogens with one attached hydrogen (secondary N) is 1. The Labute approximate surface area is 128 Å². The highest BCUT2D eigenvalue weighted by atomic mass is 31.2. The number of hydrogen-bond donors (Lipinski definition) is 4. The Kier molecular flexibility index (Phi) is 6.37. The number of rotatable bonds is 7. The number of ether oxygens (including phenoxy) is 2. The van der Waals surface area contributed by atoms with Crippen LogP contribution in [0.4, 0.5) is 0 Å². The molecule has 0 saturated carbocycles. The lowest BCUT2D eigenvalue weighted by atomic mass is 10.1. The summed E-state index contributed by atoms with van der Waals surface area (Å²) in [5, 5.41) is 2.27. The molecular formula is C13H21N2O6P. The highest BCUT2D eigenvalue weighted by molar-refractivity contribution is 7.52. The van der Waals surface area contributed by atoms with Crippen molar-refractivity contribution >= 4 is 13.5 Å². The molecule has 1 aromatic rings. The Morgan fingerprint density at radius 3 is 2.36 bits per heavy atom. The molecule has 0 spiro atoms. The van der Waals surface area contributed by atoms with Gasteiger partial charge >= 0.3 is 7.60 Å². The summed E-state index contributed by atoms with van der Waals surface area (Å²) in [5.74, 6) is -1.06. The number of hydrogen-bond acceptors (Lipinski definition) is 5. The maximum absolute atomic E-state index is 11.6. The van der Waals surface area contributed by atoms with Gasteiger partial charge in [-0.25, -0.2) is 0 Å². The predicted molar refractivity (Wildman–Crippen MR) is 80.9 cm³/mol. The molecule has 0 fully saturated rings. The Morgan fingerprint density at radius 2 is 1.91 bits per heavy atom. The fourth-order valence-corrected chi connectivity index (χ4v) is 2.52. The van der Waals surface area contributed by atoms with E-state index in [9.17, 15) is 19.1 Å². The van der Waals surface area contributed by atoms with Crippen molar-refractivity contribution in [1.82, 2.24) is 5.32 Å². The van der Waals surface area contributed by atoms with Crippen LogP contribution in [0.5, 0.6) is 11.5 Å². The third-order valence-corrected chi connectivity index (χ3v) is 4.13. The molecule has 0 aliphatic heterocycles. The number of nitrogens with two attached hydrogens (primary N) is 1. The number of methoxy groups -OCH3 is 2. The molecule has 124 valence electrons. The summed E-state index contributed by atoms with van der Waals surface area (Å²) in [4.78, 5) is 30.4. The number of carbonyl (C=O) groups excluding carboxylic acids is 1. The normalized spacial score (nSPS) is 14.1. The minimum Gasteiger partial charge on any atom is -0.493 e. The zero-order valence-electron chi connectivity index (χ0n) is 12.6. The molecule has 8 nitrogen and oxygen atoms in total. The molecule has 0 aliphatic rings. The van der Waals surface area contributed by atoms with Gasteiger partial charge in [0.1, 0.15) is 5.78 Å². The summed E-state index contributed by atoms with van der Waals surface area (Å²) < 4.78 is 21.8. The van der Waals surface area contributed by atoms with Gasteiger partial charge in [0.05, 0.1) is 20.3 Å². The minimum atomic E-state index is -4.54. The zero-order chi connectivity index (χ0) is 16.9. The predicted octanol–water partition coefficient (Wildman–Crippen LogP) is 0.213. The van der Waals surface area contributed by atoms with Gasteiger partial charge in [0, 0.05) is 6.42 Å². The molecule has 1 aromatic carbocycles. The molecule has 0 unspecified atom stereocenters. The lowest BCUT2D eigenvalue weighted by Crippen LogP contribution is -2.44. The maximum Gasteiger partial charge on any atom is 0.347 e. The maximum atomic E-state index is 11.6. The Morgan fingerprint density at radius 1 is 1.32 bits per heavy atom. The molecule has 1 amide bonds. The van der Waals surface area contributed by atoms with Gasteiger partial charge < -0.3 is 30.3 Å². The summed E-state index contributed by atoms with van der Waals surface area (Å²) in [6.45, 7) is 1.43. The average Bonchev–Trinajstić information content (AvgIpc) is 2.45. The molecule has 0 radical (unpaired) electrons. The molecule has 0 heterocycles. The number of benzene rings is 1. The quantitative estimate of drug-likeness (QED) is 0.525. The molecule has 22 heavy (non-hydrogen) atoms. The average molecular weight is 332 g/mol. The fourth-order valence-electron chi connectivity index (χ4n) is 1.78. The molecule has 2 atom stereocenters. The first kappa shape index (κ1) is 18.4. The topological polar surface area (TPSA) is 131 Å². The number of carbonyl (C=O) groups is 1. The highest BCUT2D eigenvalue weighted by Crippen LogP contribution is 2.42. The first-order chi connectivity index (χ1) is 10.2. The van der Waals surface area contributed by atoms with Crippen molar-refractivity contribution in [2.45, 2.75) is 25.2 Å². The van der Waals surface area contributed by atoms with Crippen LogP contribution in [0.2, 0.25) is 0 Å². The molecule has 0 saturated heterocycles. The van der Waals surface area contributed by atoms with Crippen molar-refractivity contribution in [3.63, 3.8) is 0 Å².